The molecule has 0 aromatic heterocycles. The number of allylic oxidation sites excluding steroid dienone is 1. The minimum Gasteiger partial charge on any atom is -0.319 e. The Bertz CT molecular complexity index is 787. The van der Waals surface area contributed by atoms with Gasteiger partial charge in [0, 0.05) is 12.5 Å². The van der Waals surface area contributed by atoms with E-state index in [-0.39, 0.29) is 11.7 Å². The smallest absolute Gasteiger partial charge is 0.248 e. The number of carbonyl (C=O) groups is 2. The van der Waals surface area contributed by atoms with E-state index in [0.717, 1.165) is 29.5 Å². The first-order chi connectivity index (χ1) is 12.6. The standard InChI is InChI=1S/C23H25NO2/c1-3-4-10-22(25)21(17-20-13-11-18(2)12-14-20)24-23(26)16-15-19-8-6-5-7-9-19/h5-9,11-17H,3-4,10H2,1-2H3,(H,24,26)/b16-15+,21-17-. The summed E-state index contributed by atoms with van der Waals surface area (Å²) in [6.07, 6.45) is 7.09. The van der Waals surface area contributed by atoms with E-state index in [4.69, 9.17) is 0 Å². The lowest BCUT2D eigenvalue weighted by Gasteiger charge is -2.08. The molecular weight excluding hydrogens is 322 g/mol. The van der Waals surface area contributed by atoms with E-state index in [2.05, 4.69) is 5.32 Å². The van der Waals surface area contributed by atoms with Crippen LogP contribution in [0.5, 0.6) is 0 Å². The molecule has 2 aromatic carbocycles. The summed E-state index contributed by atoms with van der Waals surface area (Å²) in [5.41, 5.74) is 3.31. The van der Waals surface area contributed by atoms with Crippen molar-refractivity contribution in [1.82, 2.24) is 5.32 Å². The summed E-state index contributed by atoms with van der Waals surface area (Å²) >= 11 is 0. The summed E-state index contributed by atoms with van der Waals surface area (Å²) in [6.45, 7) is 4.05. The number of amides is 1. The van der Waals surface area contributed by atoms with Crippen molar-refractivity contribution in [3.63, 3.8) is 0 Å². The van der Waals surface area contributed by atoms with Crippen molar-refractivity contribution in [2.45, 2.75) is 33.1 Å². The molecule has 134 valence electrons. The van der Waals surface area contributed by atoms with Gasteiger partial charge in [-0.1, -0.05) is 73.5 Å². The van der Waals surface area contributed by atoms with Crippen LogP contribution in [0.2, 0.25) is 0 Å². The Morgan fingerprint density at radius 3 is 2.31 bits per heavy atom. The van der Waals surface area contributed by atoms with E-state index < -0.39 is 0 Å². The molecule has 3 heteroatoms. The molecule has 0 saturated heterocycles. The minimum atomic E-state index is -0.308. The lowest BCUT2D eigenvalue weighted by molar-refractivity contribution is -0.120. The zero-order valence-corrected chi connectivity index (χ0v) is 15.4. The van der Waals surface area contributed by atoms with Crippen LogP contribution in [0.15, 0.2) is 66.4 Å². The maximum Gasteiger partial charge on any atom is 0.248 e. The number of rotatable bonds is 8. The van der Waals surface area contributed by atoms with Crippen molar-refractivity contribution in [2.75, 3.05) is 0 Å². The number of hydrogen-bond donors (Lipinski definition) is 1. The van der Waals surface area contributed by atoms with Crippen LogP contribution < -0.4 is 5.32 Å². The van der Waals surface area contributed by atoms with Crippen LogP contribution in [0.25, 0.3) is 12.2 Å². The molecule has 0 heterocycles. The van der Waals surface area contributed by atoms with Crippen LogP contribution in [0.3, 0.4) is 0 Å². The number of ketones is 1. The maximum atomic E-state index is 12.5. The highest BCUT2D eigenvalue weighted by molar-refractivity contribution is 6.05. The van der Waals surface area contributed by atoms with Gasteiger partial charge in [0.2, 0.25) is 5.91 Å². The zero-order chi connectivity index (χ0) is 18.8. The van der Waals surface area contributed by atoms with Gasteiger partial charge in [0.15, 0.2) is 5.78 Å². The Kier molecular flexibility index (Phi) is 7.56. The molecule has 1 amide bonds. The van der Waals surface area contributed by atoms with Gasteiger partial charge in [0.05, 0.1) is 5.70 Å². The first kappa shape index (κ1) is 19.4. The first-order valence-electron chi connectivity index (χ1n) is 8.94. The third-order valence-corrected chi connectivity index (χ3v) is 3.93. The van der Waals surface area contributed by atoms with Crippen molar-refractivity contribution in [3.8, 4) is 0 Å². The van der Waals surface area contributed by atoms with Gasteiger partial charge in [-0.2, -0.15) is 0 Å². The Labute approximate surface area is 155 Å². The molecule has 0 bridgehead atoms. The lowest BCUT2D eigenvalue weighted by Crippen LogP contribution is -2.25. The quantitative estimate of drug-likeness (QED) is 0.689. The molecule has 3 nitrogen and oxygen atoms in total. The third-order valence-electron chi connectivity index (χ3n) is 3.93. The average Bonchev–Trinajstić information content (AvgIpc) is 2.66. The van der Waals surface area contributed by atoms with Crippen molar-refractivity contribution in [3.05, 3.63) is 83.1 Å². The average molecular weight is 347 g/mol. The Hall–Kier alpha value is -2.94. The minimum absolute atomic E-state index is 0.0473. The van der Waals surface area contributed by atoms with Gasteiger partial charge in [-0.15, -0.1) is 0 Å². The summed E-state index contributed by atoms with van der Waals surface area (Å²) in [5.74, 6) is -0.356. The summed E-state index contributed by atoms with van der Waals surface area (Å²) < 4.78 is 0. The lowest BCUT2D eigenvalue weighted by atomic mass is 10.1. The van der Waals surface area contributed by atoms with Gasteiger partial charge in [0.1, 0.15) is 0 Å². The van der Waals surface area contributed by atoms with Crippen LogP contribution >= 0.6 is 0 Å². The van der Waals surface area contributed by atoms with Gasteiger partial charge in [-0.05, 0) is 36.6 Å². The molecule has 1 N–H and O–H groups in total. The molecule has 0 aliphatic carbocycles. The molecule has 0 radical (unpaired) electrons. The molecule has 0 aliphatic heterocycles. The maximum absolute atomic E-state index is 12.5. The second-order valence-electron chi connectivity index (χ2n) is 6.23. The fourth-order valence-corrected chi connectivity index (χ4v) is 2.40. The number of unbranched alkanes of at least 4 members (excludes halogenated alkanes) is 1. The largest absolute Gasteiger partial charge is 0.319 e. The van der Waals surface area contributed by atoms with E-state index in [0.29, 0.717) is 12.1 Å². The van der Waals surface area contributed by atoms with E-state index >= 15 is 0 Å². The molecular formula is C23H25NO2. The molecule has 0 fully saturated rings. The van der Waals surface area contributed by atoms with Gasteiger partial charge < -0.3 is 5.32 Å². The third kappa shape index (κ3) is 6.52. The first-order valence-corrected chi connectivity index (χ1v) is 8.94. The highest BCUT2D eigenvalue weighted by Crippen LogP contribution is 2.11. The number of nitrogens with one attached hydrogen (secondary N) is 1. The normalized spacial score (nSPS) is 11.5. The van der Waals surface area contributed by atoms with E-state index in [1.165, 1.54) is 6.08 Å². The molecule has 0 unspecified atom stereocenters. The van der Waals surface area contributed by atoms with Gasteiger partial charge >= 0.3 is 0 Å². The predicted octanol–water partition coefficient (Wildman–Crippen LogP) is 4.92. The number of hydrogen-bond acceptors (Lipinski definition) is 2. The van der Waals surface area contributed by atoms with Crippen LogP contribution in [-0.4, -0.2) is 11.7 Å². The summed E-state index contributed by atoms with van der Waals surface area (Å²) in [7, 11) is 0. The van der Waals surface area contributed by atoms with Gasteiger partial charge in [0.25, 0.3) is 0 Å². The molecule has 2 rings (SSSR count). The second kappa shape index (κ2) is 10.1. The SMILES string of the molecule is CCCCC(=O)/C(=C/c1ccc(C)cc1)NC(=O)/C=C/c1ccccc1. The summed E-state index contributed by atoms with van der Waals surface area (Å²) in [6, 6.07) is 17.4. The van der Waals surface area contributed by atoms with Gasteiger partial charge in [-0.3, -0.25) is 9.59 Å². The van der Waals surface area contributed by atoms with Crippen molar-refractivity contribution >= 4 is 23.8 Å². The molecule has 0 aliphatic rings. The van der Waals surface area contributed by atoms with E-state index in [1.807, 2.05) is 68.4 Å². The molecule has 26 heavy (non-hydrogen) atoms. The topological polar surface area (TPSA) is 46.2 Å². The Balaban J connectivity index is 2.15. The fraction of sp³-hybridized carbons (Fsp3) is 0.217. The van der Waals surface area contributed by atoms with Crippen LogP contribution in [-0.2, 0) is 9.59 Å². The molecule has 0 saturated carbocycles. The highest BCUT2D eigenvalue weighted by atomic mass is 16.2. The number of carbonyl (C=O) groups excluding carboxylic acids is 2. The van der Waals surface area contributed by atoms with Crippen LogP contribution in [0.1, 0.15) is 42.9 Å². The molecule has 0 atom stereocenters. The Morgan fingerprint density at radius 1 is 0.962 bits per heavy atom. The Morgan fingerprint density at radius 2 is 1.65 bits per heavy atom. The summed E-state index contributed by atoms with van der Waals surface area (Å²) in [5, 5.41) is 2.74. The van der Waals surface area contributed by atoms with Crippen molar-refractivity contribution in [1.29, 1.82) is 0 Å². The van der Waals surface area contributed by atoms with E-state index in [1.54, 1.807) is 12.2 Å². The molecule has 2 aromatic rings. The number of benzene rings is 2. The van der Waals surface area contributed by atoms with Crippen molar-refractivity contribution in [2.24, 2.45) is 0 Å². The second-order valence-corrected chi connectivity index (χ2v) is 6.23. The van der Waals surface area contributed by atoms with Crippen LogP contribution in [0, 0.1) is 6.92 Å². The number of Topliss-reactive ketones (excluding diaryl/α,β-unsaturated/α-hetero) is 1. The fourth-order valence-electron chi connectivity index (χ4n) is 2.40. The van der Waals surface area contributed by atoms with E-state index in [9.17, 15) is 9.59 Å². The van der Waals surface area contributed by atoms with Crippen LogP contribution in [0.4, 0.5) is 0 Å². The predicted molar refractivity (Wildman–Crippen MR) is 107 cm³/mol. The number of aryl methyl sites for hydroxylation is 1. The van der Waals surface area contributed by atoms with Gasteiger partial charge in [-0.25, -0.2) is 0 Å². The zero-order valence-electron chi connectivity index (χ0n) is 15.4. The highest BCUT2D eigenvalue weighted by Gasteiger charge is 2.11. The summed E-state index contributed by atoms with van der Waals surface area (Å²) in [4.78, 5) is 24.7. The monoisotopic (exact) mass is 347 g/mol. The molecule has 0 spiro atoms. The van der Waals surface area contributed by atoms with Crippen molar-refractivity contribution < 1.29 is 9.59 Å².